The van der Waals surface area contributed by atoms with Crippen molar-refractivity contribution in [1.29, 1.82) is 0 Å². The lowest BCUT2D eigenvalue weighted by Gasteiger charge is -2.32. The van der Waals surface area contributed by atoms with Gasteiger partial charge in [0, 0.05) is 24.7 Å². The number of methoxy groups -OCH3 is 1. The molecule has 2 amide bonds. The molecule has 3 N–H and O–H groups in total. The van der Waals surface area contributed by atoms with E-state index in [9.17, 15) is 9.59 Å². The number of carbonyl (C=O) groups excluding carboxylic acids is 2. The van der Waals surface area contributed by atoms with E-state index in [1.165, 1.54) is 6.26 Å². The second kappa shape index (κ2) is 10.1. The number of benzene rings is 1. The SMILES string of the molecule is COc1ccccc1CC(=O)N1CCC(NC(=O)c2coc(CN)c2)CC1.Cl. The van der Waals surface area contributed by atoms with Crippen molar-refractivity contribution >= 4 is 24.2 Å². The smallest absolute Gasteiger partial charge is 0.254 e. The van der Waals surface area contributed by atoms with Crippen LogP contribution in [0.3, 0.4) is 0 Å². The minimum absolute atomic E-state index is 0. The van der Waals surface area contributed by atoms with Gasteiger partial charge in [0.25, 0.3) is 5.91 Å². The summed E-state index contributed by atoms with van der Waals surface area (Å²) in [6.07, 6.45) is 3.19. The fourth-order valence-electron chi connectivity index (χ4n) is 3.27. The Morgan fingerprint density at radius 2 is 2.00 bits per heavy atom. The van der Waals surface area contributed by atoms with Gasteiger partial charge in [-0.1, -0.05) is 18.2 Å². The van der Waals surface area contributed by atoms with Gasteiger partial charge in [0.1, 0.15) is 17.8 Å². The zero-order valence-corrected chi connectivity index (χ0v) is 16.7. The molecular weight excluding hydrogens is 382 g/mol. The third kappa shape index (κ3) is 5.27. The van der Waals surface area contributed by atoms with Crippen LogP contribution in [0.2, 0.25) is 0 Å². The highest BCUT2D eigenvalue weighted by atomic mass is 35.5. The molecule has 1 aromatic heterocycles. The number of rotatable bonds is 6. The average Bonchev–Trinajstić information content (AvgIpc) is 3.18. The third-order valence-electron chi connectivity index (χ3n) is 4.83. The number of likely N-dealkylation sites (tertiary alicyclic amines) is 1. The van der Waals surface area contributed by atoms with Gasteiger partial charge >= 0.3 is 0 Å². The minimum Gasteiger partial charge on any atom is -0.496 e. The van der Waals surface area contributed by atoms with Crippen LogP contribution in [-0.4, -0.2) is 43.0 Å². The standard InChI is InChI=1S/C20H25N3O4.ClH/c1-26-18-5-3-2-4-14(18)11-19(24)23-8-6-16(7-9-23)22-20(25)15-10-17(12-21)27-13-15;/h2-5,10,13,16H,6-9,11-12,21H2,1H3,(H,22,25);1H. The number of nitrogens with two attached hydrogens (primary N) is 1. The Hall–Kier alpha value is -2.51. The molecule has 0 unspecified atom stereocenters. The van der Waals surface area contributed by atoms with Gasteiger partial charge in [-0.3, -0.25) is 9.59 Å². The summed E-state index contributed by atoms with van der Waals surface area (Å²) in [5, 5.41) is 3.00. The Balaban J connectivity index is 0.00000280. The molecule has 7 nitrogen and oxygen atoms in total. The van der Waals surface area contributed by atoms with Gasteiger partial charge in [0.15, 0.2) is 0 Å². The second-order valence-corrected chi connectivity index (χ2v) is 6.62. The maximum absolute atomic E-state index is 12.6. The van der Waals surface area contributed by atoms with Gasteiger partial charge in [-0.05, 0) is 25.0 Å². The first-order valence-electron chi connectivity index (χ1n) is 9.08. The number of nitrogens with one attached hydrogen (secondary N) is 1. The molecule has 1 aliphatic heterocycles. The van der Waals surface area contributed by atoms with E-state index < -0.39 is 0 Å². The maximum Gasteiger partial charge on any atom is 0.254 e. The van der Waals surface area contributed by atoms with Gasteiger partial charge < -0.3 is 25.1 Å². The Morgan fingerprint density at radius 3 is 2.64 bits per heavy atom. The molecule has 1 aromatic carbocycles. The molecular formula is C20H26ClN3O4. The molecule has 1 fully saturated rings. The van der Waals surface area contributed by atoms with E-state index in [2.05, 4.69) is 5.32 Å². The molecule has 0 bridgehead atoms. The van der Waals surface area contributed by atoms with E-state index in [0.717, 1.165) is 24.2 Å². The largest absolute Gasteiger partial charge is 0.496 e. The molecule has 2 aromatic rings. The molecule has 0 radical (unpaired) electrons. The molecule has 1 saturated heterocycles. The Bertz CT molecular complexity index is 800. The van der Waals surface area contributed by atoms with Crippen LogP contribution in [0.5, 0.6) is 5.75 Å². The van der Waals surface area contributed by atoms with Crippen molar-refractivity contribution in [1.82, 2.24) is 10.2 Å². The number of carbonyl (C=O) groups is 2. The van der Waals surface area contributed by atoms with Crippen molar-refractivity contribution in [2.75, 3.05) is 20.2 Å². The summed E-state index contributed by atoms with van der Waals surface area (Å²) in [4.78, 5) is 26.7. The Morgan fingerprint density at radius 1 is 1.29 bits per heavy atom. The first kappa shape index (κ1) is 21.8. The highest BCUT2D eigenvalue weighted by Gasteiger charge is 2.25. The monoisotopic (exact) mass is 407 g/mol. The molecule has 2 heterocycles. The van der Waals surface area contributed by atoms with Crippen molar-refractivity contribution in [2.45, 2.75) is 31.8 Å². The van der Waals surface area contributed by atoms with E-state index in [-0.39, 0.29) is 36.8 Å². The number of amides is 2. The number of ether oxygens (including phenoxy) is 1. The van der Waals surface area contributed by atoms with Gasteiger partial charge in [-0.25, -0.2) is 0 Å². The number of piperidine rings is 1. The average molecular weight is 408 g/mol. The number of hydrogen-bond donors (Lipinski definition) is 2. The van der Waals surface area contributed by atoms with Crippen molar-refractivity contribution < 1.29 is 18.7 Å². The van der Waals surface area contributed by atoms with Crippen molar-refractivity contribution in [2.24, 2.45) is 5.73 Å². The summed E-state index contributed by atoms with van der Waals surface area (Å²) in [7, 11) is 1.61. The van der Waals surface area contributed by atoms with Crippen LogP contribution in [0.1, 0.15) is 34.5 Å². The number of para-hydroxylation sites is 1. The topological polar surface area (TPSA) is 97.8 Å². The molecule has 0 aliphatic carbocycles. The highest BCUT2D eigenvalue weighted by Crippen LogP contribution is 2.20. The summed E-state index contributed by atoms with van der Waals surface area (Å²) in [6.45, 7) is 1.51. The molecule has 152 valence electrons. The van der Waals surface area contributed by atoms with Gasteiger partial charge in [0.2, 0.25) is 5.91 Å². The van der Waals surface area contributed by atoms with Gasteiger partial charge in [-0.15, -0.1) is 12.4 Å². The predicted molar refractivity (Wildman–Crippen MR) is 108 cm³/mol. The molecule has 8 heteroatoms. The van der Waals surface area contributed by atoms with Crippen molar-refractivity contribution in [3.05, 3.63) is 53.5 Å². The van der Waals surface area contributed by atoms with E-state index in [0.29, 0.717) is 30.8 Å². The van der Waals surface area contributed by atoms with Crippen LogP contribution < -0.4 is 15.8 Å². The summed E-state index contributed by atoms with van der Waals surface area (Å²) >= 11 is 0. The lowest BCUT2D eigenvalue weighted by molar-refractivity contribution is -0.131. The van der Waals surface area contributed by atoms with Crippen LogP contribution >= 0.6 is 12.4 Å². The van der Waals surface area contributed by atoms with Crippen LogP contribution in [0.25, 0.3) is 0 Å². The summed E-state index contributed by atoms with van der Waals surface area (Å²) in [5.41, 5.74) is 6.86. The van der Waals surface area contributed by atoms with E-state index in [1.807, 2.05) is 29.2 Å². The van der Waals surface area contributed by atoms with E-state index >= 15 is 0 Å². The summed E-state index contributed by atoms with van der Waals surface area (Å²) in [5.74, 6) is 1.21. The van der Waals surface area contributed by atoms with Crippen LogP contribution in [0, 0.1) is 0 Å². The van der Waals surface area contributed by atoms with Crippen LogP contribution in [0.4, 0.5) is 0 Å². The predicted octanol–water partition coefficient (Wildman–Crippen LogP) is 2.13. The zero-order chi connectivity index (χ0) is 19.2. The quantitative estimate of drug-likeness (QED) is 0.764. The summed E-state index contributed by atoms with van der Waals surface area (Å²) in [6, 6.07) is 9.25. The Kier molecular flexibility index (Phi) is 7.90. The molecule has 0 saturated carbocycles. The van der Waals surface area contributed by atoms with Crippen molar-refractivity contribution in [3.63, 3.8) is 0 Å². The fourth-order valence-corrected chi connectivity index (χ4v) is 3.27. The van der Waals surface area contributed by atoms with Gasteiger partial charge in [0.05, 0.1) is 25.6 Å². The number of hydrogen-bond acceptors (Lipinski definition) is 5. The molecule has 0 atom stereocenters. The van der Waals surface area contributed by atoms with Crippen LogP contribution in [0.15, 0.2) is 41.0 Å². The fraction of sp³-hybridized carbons (Fsp3) is 0.400. The van der Waals surface area contributed by atoms with E-state index in [1.54, 1.807) is 13.2 Å². The lowest BCUT2D eigenvalue weighted by atomic mass is 10.0. The minimum atomic E-state index is -0.169. The molecule has 28 heavy (non-hydrogen) atoms. The number of furan rings is 1. The van der Waals surface area contributed by atoms with Gasteiger partial charge in [-0.2, -0.15) is 0 Å². The first-order valence-corrected chi connectivity index (χ1v) is 9.08. The number of halogens is 1. The highest BCUT2D eigenvalue weighted by molar-refractivity contribution is 5.94. The van der Waals surface area contributed by atoms with Crippen LogP contribution in [-0.2, 0) is 17.8 Å². The third-order valence-corrected chi connectivity index (χ3v) is 4.83. The zero-order valence-electron chi connectivity index (χ0n) is 15.8. The molecule has 1 aliphatic rings. The Labute approximate surface area is 170 Å². The van der Waals surface area contributed by atoms with Crippen molar-refractivity contribution in [3.8, 4) is 5.75 Å². The van der Waals surface area contributed by atoms with E-state index in [4.69, 9.17) is 14.9 Å². The molecule has 0 spiro atoms. The maximum atomic E-state index is 12.6. The second-order valence-electron chi connectivity index (χ2n) is 6.62. The lowest BCUT2D eigenvalue weighted by Crippen LogP contribution is -2.46. The normalized spacial score (nSPS) is 14.3. The number of nitrogens with zero attached hydrogens (tertiary/aromatic N) is 1. The summed E-state index contributed by atoms with van der Waals surface area (Å²) < 4.78 is 10.5. The first-order chi connectivity index (χ1) is 13.1. The molecule has 3 rings (SSSR count).